The van der Waals surface area contributed by atoms with E-state index in [-0.39, 0.29) is 18.6 Å². The summed E-state index contributed by atoms with van der Waals surface area (Å²) in [7, 11) is 0. The normalized spacial score (nSPS) is 24.4. The van der Waals surface area contributed by atoms with E-state index in [0.29, 0.717) is 12.1 Å². The molecule has 8 heteroatoms. The number of hydrogen-bond acceptors (Lipinski definition) is 5. The summed E-state index contributed by atoms with van der Waals surface area (Å²) in [5.74, 6) is -1.56. The number of likely N-dealkylation sites (tertiary alicyclic amines) is 1. The number of amides is 4. The zero-order valence-corrected chi connectivity index (χ0v) is 16.8. The molecular weight excluding hydrogens is 374 g/mol. The summed E-state index contributed by atoms with van der Waals surface area (Å²) in [6.07, 6.45) is 3.85. The first kappa shape index (κ1) is 20.8. The van der Waals surface area contributed by atoms with Gasteiger partial charge in [0.25, 0.3) is 11.8 Å². The highest BCUT2D eigenvalue weighted by molar-refractivity contribution is 6.08. The SMILES string of the molecule is CC[C@@H]1CCCCN1C(=O)COC(=O)CN1C(=O)N[C@@](C)(c2ccccc2)C1=O. The number of nitrogens with zero attached hydrogens (tertiary/aromatic N) is 2. The number of urea groups is 1. The van der Waals surface area contributed by atoms with Gasteiger partial charge in [0.2, 0.25) is 0 Å². The maximum atomic E-state index is 12.8. The van der Waals surface area contributed by atoms with E-state index in [1.165, 1.54) is 0 Å². The Bertz CT molecular complexity index is 797. The van der Waals surface area contributed by atoms with Crippen molar-refractivity contribution in [3.05, 3.63) is 35.9 Å². The fourth-order valence-electron chi connectivity index (χ4n) is 3.96. The van der Waals surface area contributed by atoms with Crippen molar-refractivity contribution in [2.45, 2.75) is 51.1 Å². The molecule has 1 N–H and O–H groups in total. The van der Waals surface area contributed by atoms with E-state index >= 15 is 0 Å². The zero-order chi connectivity index (χ0) is 21.0. The maximum absolute atomic E-state index is 12.8. The average Bonchev–Trinajstić information content (AvgIpc) is 2.96. The maximum Gasteiger partial charge on any atom is 0.326 e. The monoisotopic (exact) mass is 401 g/mol. The van der Waals surface area contributed by atoms with Crippen molar-refractivity contribution >= 4 is 23.8 Å². The van der Waals surface area contributed by atoms with Gasteiger partial charge < -0.3 is 15.0 Å². The molecule has 4 amide bonds. The first-order chi connectivity index (χ1) is 13.9. The highest BCUT2D eigenvalue weighted by Gasteiger charge is 2.49. The van der Waals surface area contributed by atoms with E-state index in [1.54, 1.807) is 36.1 Å². The number of nitrogens with one attached hydrogen (secondary N) is 1. The van der Waals surface area contributed by atoms with Crippen LogP contribution in [-0.2, 0) is 24.7 Å². The van der Waals surface area contributed by atoms with Crippen LogP contribution in [0.4, 0.5) is 4.79 Å². The van der Waals surface area contributed by atoms with Crippen molar-refractivity contribution in [3.8, 4) is 0 Å². The molecule has 0 spiro atoms. The molecule has 0 saturated carbocycles. The van der Waals surface area contributed by atoms with Crippen LogP contribution in [0.1, 0.15) is 45.1 Å². The van der Waals surface area contributed by atoms with Gasteiger partial charge in [-0.1, -0.05) is 37.3 Å². The van der Waals surface area contributed by atoms with Crippen LogP contribution in [0, 0.1) is 0 Å². The van der Waals surface area contributed by atoms with E-state index in [1.807, 2.05) is 13.0 Å². The molecule has 0 aliphatic carbocycles. The van der Waals surface area contributed by atoms with Crippen molar-refractivity contribution in [1.29, 1.82) is 0 Å². The summed E-state index contributed by atoms with van der Waals surface area (Å²) in [6, 6.07) is 8.34. The topological polar surface area (TPSA) is 96.0 Å². The highest BCUT2D eigenvalue weighted by Crippen LogP contribution is 2.28. The minimum absolute atomic E-state index is 0.174. The van der Waals surface area contributed by atoms with Gasteiger partial charge in [-0.2, -0.15) is 0 Å². The van der Waals surface area contributed by atoms with Gasteiger partial charge in [-0.15, -0.1) is 0 Å². The highest BCUT2D eigenvalue weighted by atomic mass is 16.5. The summed E-state index contributed by atoms with van der Waals surface area (Å²) >= 11 is 0. The number of hydrogen-bond donors (Lipinski definition) is 1. The Kier molecular flexibility index (Phi) is 6.20. The quantitative estimate of drug-likeness (QED) is 0.579. The summed E-state index contributed by atoms with van der Waals surface area (Å²) < 4.78 is 5.08. The van der Waals surface area contributed by atoms with E-state index in [2.05, 4.69) is 5.32 Å². The molecule has 2 saturated heterocycles. The Hall–Kier alpha value is -2.90. The van der Waals surface area contributed by atoms with Crippen LogP contribution in [0.15, 0.2) is 30.3 Å². The fraction of sp³-hybridized carbons (Fsp3) is 0.524. The van der Waals surface area contributed by atoms with Gasteiger partial charge >= 0.3 is 12.0 Å². The van der Waals surface area contributed by atoms with E-state index in [4.69, 9.17) is 4.74 Å². The molecule has 0 unspecified atom stereocenters. The Labute approximate surface area is 170 Å². The van der Waals surface area contributed by atoms with Gasteiger partial charge in [0.1, 0.15) is 12.1 Å². The lowest BCUT2D eigenvalue weighted by molar-refractivity contribution is -0.155. The van der Waals surface area contributed by atoms with Crippen molar-refractivity contribution in [1.82, 2.24) is 15.1 Å². The molecule has 2 aliphatic heterocycles. The largest absolute Gasteiger partial charge is 0.454 e. The van der Waals surface area contributed by atoms with Crippen LogP contribution in [0.25, 0.3) is 0 Å². The predicted octanol–water partition coefficient (Wildman–Crippen LogP) is 1.79. The van der Waals surface area contributed by atoms with Crippen LogP contribution >= 0.6 is 0 Å². The molecule has 0 aromatic heterocycles. The van der Waals surface area contributed by atoms with Crippen molar-refractivity contribution in [2.75, 3.05) is 19.7 Å². The van der Waals surface area contributed by atoms with E-state index in [9.17, 15) is 19.2 Å². The first-order valence-electron chi connectivity index (χ1n) is 10.0. The van der Waals surface area contributed by atoms with Crippen LogP contribution in [0.5, 0.6) is 0 Å². The third kappa shape index (κ3) is 4.26. The number of carbonyl (C=O) groups excluding carboxylic acids is 4. The Balaban J connectivity index is 1.57. The molecule has 0 radical (unpaired) electrons. The Morgan fingerprint density at radius 1 is 1.21 bits per heavy atom. The minimum Gasteiger partial charge on any atom is -0.454 e. The standard InChI is InChI=1S/C21H27N3O5/c1-3-16-11-7-8-12-23(16)17(25)14-29-18(26)13-24-19(27)21(2,22-20(24)28)15-9-5-4-6-10-15/h4-6,9-10,16H,3,7-8,11-14H2,1-2H3,(H,22,28)/t16-,21+/m1/s1. The lowest BCUT2D eigenvalue weighted by atomic mass is 9.92. The molecule has 2 aliphatic rings. The number of benzene rings is 1. The van der Waals surface area contributed by atoms with Crippen LogP contribution in [0.3, 0.4) is 0 Å². The third-order valence-corrected chi connectivity index (χ3v) is 5.69. The molecular formula is C21H27N3O5. The molecule has 156 valence electrons. The van der Waals surface area contributed by atoms with Crippen molar-refractivity contribution < 1.29 is 23.9 Å². The summed E-state index contributed by atoms with van der Waals surface area (Å²) in [5.41, 5.74) is -0.614. The molecule has 0 bridgehead atoms. The van der Waals surface area contributed by atoms with Gasteiger partial charge in [0.05, 0.1) is 0 Å². The Morgan fingerprint density at radius 2 is 1.93 bits per heavy atom. The number of piperidine rings is 1. The van der Waals surface area contributed by atoms with Crippen LogP contribution < -0.4 is 5.32 Å². The Morgan fingerprint density at radius 3 is 2.62 bits per heavy atom. The van der Waals surface area contributed by atoms with E-state index < -0.39 is 30.0 Å². The summed E-state index contributed by atoms with van der Waals surface area (Å²) in [6.45, 7) is 3.38. The lowest BCUT2D eigenvalue weighted by Gasteiger charge is -2.35. The second-order valence-corrected chi connectivity index (χ2v) is 7.62. The second-order valence-electron chi connectivity index (χ2n) is 7.62. The number of imide groups is 1. The lowest BCUT2D eigenvalue weighted by Crippen LogP contribution is -2.46. The number of rotatable bonds is 6. The summed E-state index contributed by atoms with van der Waals surface area (Å²) in [5, 5.41) is 2.64. The number of ether oxygens (including phenoxy) is 1. The van der Waals surface area contributed by atoms with Gasteiger partial charge in [-0.25, -0.2) is 4.79 Å². The van der Waals surface area contributed by atoms with Crippen LogP contribution in [0.2, 0.25) is 0 Å². The predicted molar refractivity (Wildman–Crippen MR) is 105 cm³/mol. The zero-order valence-electron chi connectivity index (χ0n) is 16.8. The van der Waals surface area contributed by atoms with Crippen molar-refractivity contribution in [2.24, 2.45) is 0 Å². The van der Waals surface area contributed by atoms with E-state index in [0.717, 1.165) is 30.6 Å². The third-order valence-electron chi connectivity index (χ3n) is 5.69. The first-order valence-corrected chi connectivity index (χ1v) is 10.0. The molecule has 29 heavy (non-hydrogen) atoms. The number of esters is 1. The van der Waals surface area contributed by atoms with Gasteiger partial charge in [-0.05, 0) is 38.2 Å². The molecule has 1 aromatic rings. The molecule has 2 heterocycles. The van der Waals surface area contributed by atoms with Gasteiger partial charge in [0, 0.05) is 12.6 Å². The molecule has 1 aromatic carbocycles. The molecule has 2 fully saturated rings. The van der Waals surface area contributed by atoms with Gasteiger partial charge in [-0.3, -0.25) is 19.3 Å². The second kappa shape index (κ2) is 8.63. The molecule has 2 atom stereocenters. The molecule has 3 rings (SSSR count). The fourth-order valence-corrected chi connectivity index (χ4v) is 3.96. The van der Waals surface area contributed by atoms with Gasteiger partial charge in [0.15, 0.2) is 6.61 Å². The van der Waals surface area contributed by atoms with Crippen molar-refractivity contribution in [3.63, 3.8) is 0 Å². The smallest absolute Gasteiger partial charge is 0.326 e. The number of carbonyl (C=O) groups is 4. The molecule has 8 nitrogen and oxygen atoms in total. The average molecular weight is 401 g/mol. The summed E-state index contributed by atoms with van der Waals surface area (Å²) in [4.78, 5) is 52.3. The minimum atomic E-state index is -1.24. The van der Waals surface area contributed by atoms with Crippen LogP contribution in [-0.4, -0.2) is 59.4 Å².